The van der Waals surface area contributed by atoms with E-state index in [2.05, 4.69) is 400 Å². The van der Waals surface area contributed by atoms with Crippen LogP contribution in [-0.4, -0.2) is 40.0 Å². The SMILES string of the molecule is C#CC.C#CC.C#CC.CB1c2ccccc2C=Cc2ccccc21.CC#Cc1cc(C)c(C#Cc2ccc3c(c2)B(C)c2cc(C)ccc2C=C3)cc1OCCCCCCCCCC.CC#Cc1cc(C)c(C#Cc2ccc3c(c2)C=Cc2cc(C)ccc2B3C)cc1OCCCCCCCCCC.CCCCCCCCCCOc1cc(I)c(C)cc1I. The fraction of sp³-hybridized carbons (Fsp3) is 0.368. The Morgan fingerprint density at radius 3 is 1.05 bits per heavy atom. The van der Waals surface area contributed by atoms with E-state index in [9.17, 15) is 0 Å². The van der Waals surface area contributed by atoms with E-state index in [4.69, 9.17) is 14.2 Å². The van der Waals surface area contributed by atoms with Crippen molar-refractivity contribution in [2.45, 2.75) is 265 Å². The minimum absolute atomic E-state index is 0.312. The highest BCUT2D eigenvalue weighted by atomic mass is 127. The molecule has 0 aliphatic carbocycles. The molecular weight excluding hydrogens is 1740 g/mol. The fourth-order valence-electron chi connectivity index (χ4n) is 15.6. The van der Waals surface area contributed by atoms with Gasteiger partial charge in [-0.05, 0) is 238 Å². The first-order valence-corrected chi connectivity index (χ1v) is 48.3. The van der Waals surface area contributed by atoms with Crippen LogP contribution >= 0.6 is 45.2 Å². The molecule has 3 nitrogen and oxygen atoms in total. The van der Waals surface area contributed by atoms with Crippen LogP contribution in [-0.2, 0) is 0 Å². The van der Waals surface area contributed by atoms with Gasteiger partial charge in [0.05, 0.1) is 34.5 Å². The molecule has 0 radical (unpaired) electrons. The Morgan fingerprint density at radius 1 is 0.280 bits per heavy atom. The molecule has 0 aromatic heterocycles. The Balaban J connectivity index is 0.000000263. The van der Waals surface area contributed by atoms with E-state index in [1.54, 1.807) is 20.8 Å². The van der Waals surface area contributed by atoms with Crippen LogP contribution in [0, 0.1) is 126 Å². The highest BCUT2D eigenvalue weighted by Crippen LogP contribution is 2.29. The van der Waals surface area contributed by atoms with Crippen molar-refractivity contribution in [2.24, 2.45) is 0 Å². The molecule has 646 valence electrons. The molecule has 125 heavy (non-hydrogen) atoms. The molecule has 12 rings (SSSR count). The smallest absolute Gasteiger partial charge is 0.207 e. The average Bonchev–Trinajstić information content (AvgIpc) is 1.70. The van der Waals surface area contributed by atoms with E-state index < -0.39 is 0 Å². The van der Waals surface area contributed by atoms with Crippen LogP contribution < -0.4 is 47.0 Å². The number of rotatable bonds is 30. The fourth-order valence-corrected chi connectivity index (χ4v) is 16.8. The maximum atomic E-state index is 6.25. The van der Waals surface area contributed by atoms with Crippen molar-refractivity contribution in [1.82, 2.24) is 0 Å². The number of halogens is 2. The lowest BCUT2D eigenvalue weighted by Crippen LogP contribution is -2.41. The van der Waals surface area contributed by atoms with Gasteiger partial charge < -0.3 is 14.2 Å². The Kier molecular flexibility index (Phi) is 49.9. The highest BCUT2D eigenvalue weighted by molar-refractivity contribution is 14.1. The van der Waals surface area contributed by atoms with Gasteiger partial charge in [0.25, 0.3) is 0 Å². The maximum Gasteiger partial charge on any atom is 0.207 e. The molecule has 9 aromatic carbocycles. The van der Waals surface area contributed by atoms with Crippen molar-refractivity contribution >= 4 is 135 Å². The van der Waals surface area contributed by atoms with Crippen LogP contribution in [0.4, 0.5) is 0 Å². The Hall–Kier alpha value is -9.83. The van der Waals surface area contributed by atoms with Gasteiger partial charge in [0, 0.05) is 25.8 Å². The van der Waals surface area contributed by atoms with Crippen molar-refractivity contribution < 1.29 is 14.2 Å². The van der Waals surface area contributed by atoms with Crippen molar-refractivity contribution in [3.8, 4) is 102 Å². The first kappa shape index (κ1) is 104. The predicted molar refractivity (Wildman–Crippen MR) is 571 cm³/mol. The molecule has 3 aliphatic rings. The molecule has 0 amide bonds. The van der Waals surface area contributed by atoms with Gasteiger partial charge in [0.1, 0.15) is 17.2 Å². The molecular formula is C117H137B3I2O3. The maximum absolute atomic E-state index is 6.25. The van der Waals surface area contributed by atoms with Crippen LogP contribution in [0.3, 0.4) is 0 Å². The average molecular weight is 1880 g/mol. The first-order chi connectivity index (χ1) is 60.7. The summed E-state index contributed by atoms with van der Waals surface area (Å²) in [7, 11) is 0. The van der Waals surface area contributed by atoms with E-state index in [1.807, 2.05) is 13.8 Å². The summed E-state index contributed by atoms with van der Waals surface area (Å²) in [6.07, 6.45) is 58.6. The van der Waals surface area contributed by atoms with Gasteiger partial charge in [0.15, 0.2) is 0 Å². The minimum Gasteiger partial charge on any atom is -0.492 e. The molecule has 0 saturated carbocycles. The Morgan fingerprint density at radius 2 is 0.608 bits per heavy atom. The van der Waals surface area contributed by atoms with Gasteiger partial charge in [-0.25, -0.2) is 0 Å². The number of benzene rings is 9. The Bertz CT molecular complexity index is 5310. The molecule has 0 spiro atoms. The lowest BCUT2D eigenvalue weighted by molar-refractivity contribution is 0.302. The summed E-state index contributed by atoms with van der Waals surface area (Å²) in [6, 6.07) is 56.8. The normalized spacial score (nSPS) is 10.9. The standard InChI is InChI=1S/2C38H43BO.C17H26I2O.C15H13B.3C3H4/c1-6-8-9-10-11-12-13-14-24-40-38-28-32(30(4)26-35(38)15-7-2)19-17-31-18-23-37-34(27-31)21-20-33-25-29(3)16-22-36(33)39(37)5;1-6-8-9-10-11-12-13-14-24-40-38-28-34(30(4)26-35(38)15-7-2)21-18-31-17-20-33-23-22-32-19-16-29(3)25-36(32)39(5)37(33)27-31;1-3-4-5-6-7-8-9-10-11-20-17-13-15(18)14(2)12-16(17)19;1-16-14-8-4-2-6-12(14)10-11-13-7-3-5-9-15(13)16;3*1-3-2/h16,18,20-23,25-28H,6,8-14,24H2,1-5H3;16-17,19-20,22-23,25-28H,6,8-14,24H2,1-5H3;12-13H,3-11H2,1-2H3;2-11H,1H3;3*1H,2H3. The predicted octanol–water partition coefficient (Wildman–Crippen LogP) is 27.7. The molecule has 3 aliphatic heterocycles. The van der Waals surface area contributed by atoms with E-state index in [-0.39, 0.29) is 0 Å². The number of terminal acetylenes is 3. The van der Waals surface area contributed by atoms with Crippen LogP contribution in [0.1, 0.15) is 304 Å². The quantitative estimate of drug-likeness (QED) is 0.0194. The monoisotopic (exact) mass is 1880 g/mol. The van der Waals surface area contributed by atoms with Crippen LogP contribution in [0.25, 0.3) is 36.5 Å². The topological polar surface area (TPSA) is 27.7 Å². The molecule has 0 N–H and O–H groups in total. The Labute approximate surface area is 787 Å². The zero-order valence-corrected chi connectivity index (χ0v) is 82.8. The molecule has 3 heterocycles. The second kappa shape index (κ2) is 60.0. The zero-order valence-electron chi connectivity index (χ0n) is 78.5. The molecule has 9 aromatic rings. The first-order valence-electron chi connectivity index (χ1n) is 46.1. The number of fused-ring (bicyclic) bond motifs is 6. The third-order valence-corrected chi connectivity index (χ3v) is 24.6. The summed E-state index contributed by atoms with van der Waals surface area (Å²) >= 11 is 4.73. The third-order valence-electron chi connectivity index (χ3n) is 22.6. The largest absolute Gasteiger partial charge is 0.492 e. The van der Waals surface area contributed by atoms with Gasteiger partial charge in [-0.1, -0.05) is 395 Å². The second-order valence-corrected chi connectivity index (χ2v) is 35.1. The van der Waals surface area contributed by atoms with E-state index in [0.29, 0.717) is 20.1 Å². The summed E-state index contributed by atoms with van der Waals surface area (Å²) in [5.74, 6) is 35.8. The second-order valence-electron chi connectivity index (χ2n) is 32.8. The van der Waals surface area contributed by atoms with Crippen molar-refractivity contribution in [3.63, 3.8) is 0 Å². The van der Waals surface area contributed by atoms with Gasteiger partial charge in [-0.3, -0.25) is 0 Å². The number of unbranched alkanes of at least 4 members (excludes halogenated alkanes) is 21. The van der Waals surface area contributed by atoms with Gasteiger partial charge in [-0.2, -0.15) is 0 Å². The van der Waals surface area contributed by atoms with E-state index in [0.717, 1.165) is 94.4 Å². The molecule has 0 saturated heterocycles. The van der Waals surface area contributed by atoms with Crippen molar-refractivity contribution in [2.75, 3.05) is 19.8 Å². The van der Waals surface area contributed by atoms with Crippen LogP contribution in [0.2, 0.25) is 20.5 Å². The lowest BCUT2D eigenvalue weighted by atomic mass is 9.41. The summed E-state index contributed by atoms with van der Waals surface area (Å²) in [4.78, 5) is 0. The van der Waals surface area contributed by atoms with Crippen molar-refractivity contribution in [3.05, 3.63) is 259 Å². The van der Waals surface area contributed by atoms with Gasteiger partial charge >= 0.3 is 0 Å². The molecule has 8 heteroatoms. The number of hydrogen-bond acceptors (Lipinski definition) is 3. The zero-order chi connectivity index (χ0) is 90.5. The van der Waals surface area contributed by atoms with Crippen LogP contribution in [0.5, 0.6) is 17.2 Å². The van der Waals surface area contributed by atoms with Gasteiger partial charge in [0.2, 0.25) is 20.1 Å². The molecule has 0 atom stereocenters. The lowest BCUT2D eigenvalue weighted by Gasteiger charge is -2.14. The molecule has 0 unspecified atom stereocenters. The molecule has 0 bridgehead atoms. The number of ether oxygens (including phenoxy) is 3. The molecule has 0 fully saturated rings. The summed E-state index contributed by atoms with van der Waals surface area (Å²) in [5, 5.41) is 0. The van der Waals surface area contributed by atoms with Crippen LogP contribution in [0.15, 0.2) is 158 Å². The number of aryl methyl sites for hydroxylation is 5. The third kappa shape index (κ3) is 35.9. The van der Waals surface area contributed by atoms with E-state index in [1.165, 1.54) is 231 Å². The minimum atomic E-state index is 0.312. The summed E-state index contributed by atoms with van der Waals surface area (Å²) in [5.41, 5.74) is 28.2. The van der Waals surface area contributed by atoms with Crippen molar-refractivity contribution in [1.29, 1.82) is 0 Å². The summed E-state index contributed by atoms with van der Waals surface area (Å²) < 4.78 is 20.9. The number of hydrogen-bond donors (Lipinski definition) is 0. The van der Waals surface area contributed by atoms with E-state index >= 15 is 0 Å². The van der Waals surface area contributed by atoms with Gasteiger partial charge in [-0.15, -0.1) is 48.9 Å². The highest BCUT2D eigenvalue weighted by Gasteiger charge is 2.24. The summed E-state index contributed by atoms with van der Waals surface area (Å²) in [6.45, 7) is 36.5.